The van der Waals surface area contributed by atoms with Crippen molar-refractivity contribution in [3.63, 3.8) is 0 Å². The van der Waals surface area contributed by atoms with Gasteiger partial charge in [0.25, 0.3) is 0 Å². The van der Waals surface area contributed by atoms with Crippen molar-refractivity contribution in [1.82, 2.24) is 5.32 Å². The van der Waals surface area contributed by atoms with Crippen LogP contribution in [0, 0.1) is 0 Å². The van der Waals surface area contributed by atoms with E-state index in [4.69, 9.17) is 4.74 Å². The Morgan fingerprint density at radius 3 is 1.42 bits per heavy atom. The smallest absolute Gasteiger partial charge is 0.169 e. The van der Waals surface area contributed by atoms with Gasteiger partial charge in [0.15, 0.2) is 6.29 Å². The Labute approximate surface area is 164 Å². The van der Waals surface area contributed by atoms with Crippen molar-refractivity contribution in [2.75, 3.05) is 13.2 Å². The molecule has 3 heteroatoms. The summed E-state index contributed by atoms with van der Waals surface area (Å²) in [4.78, 5) is 0. The number of ether oxygens (including phenoxy) is 1. The Kier molecular flexibility index (Phi) is 21.1. The lowest BCUT2D eigenvalue weighted by molar-refractivity contribution is -0.117. The van der Waals surface area contributed by atoms with Crippen molar-refractivity contribution in [1.29, 1.82) is 0 Å². The number of hydrogen-bond donors (Lipinski definition) is 2. The van der Waals surface area contributed by atoms with E-state index in [1.807, 2.05) is 13.8 Å². The summed E-state index contributed by atoms with van der Waals surface area (Å²) in [6, 6.07) is 0.0149. The number of unbranched alkanes of at least 4 members (excludes halogenated alkanes) is 15. The Bertz CT molecular complexity index is 261. The second kappa shape index (κ2) is 21.2. The van der Waals surface area contributed by atoms with E-state index in [-0.39, 0.29) is 6.04 Å². The normalized spacial score (nSPS) is 13.8. The summed E-state index contributed by atoms with van der Waals surface area (Å²) in [7, 11) is 0. The SMILES string of the molecule is CCCCCCCCCCCCCCCCCCOC(O)C(C)NCC. The van der Waals surface area contributed by atoms with E-state index in [0.717, 1.165) is 13.0 Å². The number of rotatable bonds is 21. The third kappa shape index (κ3) is 18.7. The molecule has 3 nitrogen and oxygen atoms in total. The molecule has 26 heavy (non-hydrogen) atoms. The zero-order valence-corrected chi connectivity index (χ0v) is 18.2. The molecule has 0 aliphatic rings. The van der Waals surface area contributed by atoms with Crippen LogP contribution in [0.4, 0.5) is 0 Å². The number of nitrogens with one attached hydrogen (secondary N) is 1. The van der Waals surface area contributed by atoms with Crippen LogP contribution in [0.2, 0.25) is 0 Å². The Morgan fingerprint density at radius 2 is 1.04 bits per heavy atom. The average molecular weight is 372 g/mol. The van der Waals surface area contributed by atoms with Gasteiger partial charge in [-0.05, 0) is 19.9 Å². The predicted octanol–water partition coefficient (Wildman–Crippen LogP) is 6.58. The molecule has 0 saturated carbocycles. The van der Waals surface area contributed by atoms with Crippen LogP contribution in [0.5, 0.6) is 0 Å². The second-order valence-corrected chi connectivity index (χ2v) is 7.91. The molecule has 0 aromatic carbocycles. The highest BCUT2D eigenvalue weighted by atomic mass is 16.6. The van der Waals surface area contributed by atoms with Crippen LogP contribution in [-0.2, 0) is 4.74 Å². The highest BCUT2D eigenvalue weighted by Crippen LogP contribution is 2.13. The first-order chi connectivity index (χ1) is 12.7. The van der Waals surface area contributed by atoms with Gasteiger partial charge in [0.05, 0.1) is 6.04 Å². The van der Waals surface area contributed by atoms with E-state index in [2.05, 4.69) is 12.2 Å². The largest absolute Gasteiger partial charge is 0.367 e. The van der Waals surface area contributed by atoms with Crippen LogP contribution in [-0.4, -0.2) is 30.6 Å². The fourth-order valence-corrected chi connectivity index (χ4v) is 3.42. The average Bonchev–Trinajstić information content (AvgIpc) is 2.64. The van der Waals surface area contributed by atoms with E-state index in [0.29, 0.717) is 6.61 Å². The van der Waals surface area contributed by atoms with Gasteiger partial charge in [0.1, 0.15) is 0 Å². The summed E-state index contributed by atoms with van der Waals surface area (Å²) in [5, 5.41) is 13.0. The minimum atomic E-state index is -0.675. The molecule has 0 bridgehead atoms. The second-order valence-electron chi connectivity index (χ2n) is 7.91. The maximum absolute atomic E-state index is 9.79. The topological polar surface area (TPSA) is 41.5 Å². The lowest BCUT2D eigenvalue weighted by atomic mass is 10.0. The van der Waals surface area contributed by atoms with Crippen molar-refractivity contribution in [2.24, 2.45) is 0 Å². The van der Waals surface area contributed by atoms with E-state index >= 15 is 0 Å². The number of aliphatic hydroxyl groups excluding tert-OH is 1. The summed E-state index contributed by atoms with van der Waals surface area (Å²) in [5.74, 6) is 0. The lowest BCUT2D eigenvalue weighted by Gasteiger charge is -2.19. The molecule has 0 heterocycles. The number of aliphatic hydroxyl groups is 1. The molecule has 0 rings (SSSR count). The molecule has 0 aliphatic carbocycles. The van der Waals surface area contributed by atoms with Crippen molar-refractivity contribution in [2.45, 2.75) is 136 Å². The maximum Gasteiger partial charge on any atom is 0.169 e. The number of likely N-dealkylation sites (N-methyl/N-ethyl adjacent to an activating group) is 1. The van der Waals surface area contributed by atoms with Gasteiger partial charge in [-0.15, -0.1) is 0 Å². The third-order valence-corrected chi connectivity index (χ3v) is 5.24. The van der Waals surface area contributed by atoms with Gasteiger partial charge >= 0.3 is 0 Å². The van der Waals surface area contributed by atoms with Crippen LogP contribution in [0.15, 0.2) is 0 Å². The minimum Gasteiger partial charge on any atom is -0.367 e. The first kappa shape index (κ1) is 25.9. The Morgan fingerprint density at radius 1 is 0.654 bits per heavy atom. The molecular weight excluding hydrogens is 322 g/mol. The minimum absolute atomic E-state index is 0.0149. The molecule has 2 atom stereocenters. The molecule has 0 spiro atoms. The van der Waals surface area contributed by atoms with Gasteiger partial charge in [-0.25, -0.2) is 0 Å². The fraction of sp³-hybridized carbons (Fsp3) is 1.00. The quantitative estimate of drug-likeness (QED) is 0.177. The van der Waals surface area contributed by atoms with Gasteiger partial charge in [-0.1, -0.05) is 110 Å². The summed E-state index contributed by atoms with van der Waals surface area (Å²) in [5.41, 5.74) is 0. The molecule has 0 amide bonds. The molecule has 0 saturated heterocycles. The third-order valence-electron chi connectivity index (χ3n) is 5.24. The highest BCUT2D eigenvalue weighted by molar-refractivity contribution is 4.61. The molecular formula is C23H49NO2. The Hall–Kier alpha value is -0.120. The van der Waals surface area contributed by atoms with Crippen LogP contribution >= 0.6 is 0 Å². The van der Waals surface area contributed by atoms with Crippen molar-refractivity contribution in [3.05, 3.63) is 0 Å². The van der Waals surface area contributed by atoms with Crippen LogP contribution in [0.1, 0.15) is 124 Å². The van der Waals surface area contributed by atoms with E-state index in [1.54, 1.807) is 0 Å². The van der Waals surface area contributed by atoms with Gasteiger partial charge in [0, 0.05) is 6.61 Å². The van der Waals surface area contributed by atoms with Gasteiger partial charge in [0.2, 0.25) is 0 Å². The van der Waals surface area contributed by atoms with Crippen LogP contribution in [0.3, 0.4) is 0 Å². The summed E-state index contributed by atoms with van der Waals surface area (Å²) < 4.78 is 5.47. The van der Waals surface area contributed by atoms with E-state index in [1.165, 1.54) is 96.3 Å². The fourth-order valence-electron chi connectivity index (χ4n) is 3.42. The highest BCUT2D eigenvalue weighted by Gasteiger charge is 2.12. The molecule has 2 N–H and O–H groups in total. The van der Waals surface area contributed by atoms with Gasteiger partial charge in [-0.2, -0.15) is 0 Å². The van der Waals surface area contributed by atoms with Crippen molar-refractivity contribution >= 4 is 0 Å². The first-order valence-corrected chi connectivity index (χ1v) is 11.7. The molecule has 0 aliphatic heterocycles. The van der Waals surface area contributed by atoms with Crippen LogP contribution < -0.4 is 5.32 Å². The summed E-state index contributed by atoms with van der Waals surface area (Å²) in [6.07, 6.45) is 21.4. The molecule has 0 aromatic rings. The molecule has 0 radical (unpaired) electrons. The van der Waals surface area contributed by atoms with E-state index in [9.17, 15) is 5.11 Å². The van der Waals surface area contributed by atoms with Crippen molar-refractivity contribution < 1.29 is 9.84 Å². The molecule has 2 unspecified atom stereocenters. The number of hydrogen-bond acceptors (Lipinski definition) is 3. The molecule has 0 fully saturated rings. The lowest BCUT2D eigenvalue weighted by Crippen LogP contribution is -2.38. The Balaban J connectivity index is 3.11. The first-order valence-electron chi connectivity index (χ1n) is 11.7. The van der Waals surface area contributed by atoms with Crippen molar-refractivity contribution in [3.8, 4) is 0 Å². The standard InChI is InChI=1S/C23H49NO2/c1-4-6-7-8-9-10-11-12-13-14-15-16-17-18-19-20-21-26-23(25)22(3)24-5-2/h22-25H,4-21H2,1-3H3. The predicted molar refractivity (Wildman–Crippen MR) is 115 cm³/mol. The van der Waals surface area contributed by atoms with Gasteiger partial charge < -0.3 is 15.2 Å². The zero-order chi connectivity index (χ0) is 19.3. The molecule has 158 valence electrons. The summed E-state index contributed by atoms with van der Waals surface area (Å²) >= 11 is 0. The zero-order valence-electron chi connectivity index (χ0n) is 18.2. The maximum atomic E-state index is 9.79. The monoisotopic (exact) mass is 371 g/mol. The van der Waals surface area contributed by atoms with Crippen LogP contribution in [0.25, 0.3) is 0 Å². The van der Waals surface area contributed by atoms with Gasteiger partial charge in [-0.3, -0.25) is 0 Å². The summed E-state index contributed by atoms with van der Waals surface area (Å²) in [6.45, 7) is 7.82. The molecule has 0 aromatic heterocycles. The van der Waals surface area contributed by atoms with E-state index < -0.39 is 6.29 Å².